The molecule has 2 nitrogen and oxygen atoms in total. The van der Waals surface area contributed by atoms with Gasteiger partial charge < -0.3 is 10.2 Å². The number of hydrogen-bond donors (Lipinski definition) is 1. The Bertz CT molecular complexity index is 460. The minimum absolute atomic E-state index is 0.218. The van der Waals surface area contributed by atoms with Gasteiger partial charge in [-0.05, 0) is 58.2 Å². The number of nitrogens with one attached hydrogen (secondary N) is 1. The molecule has 1 atom stereocenters. The van der Waals surface area contributed by atoms with Crippen LogP contribution in [0.5, 0.6) is 0 Å². The van der Waals surface area contributed by atoms with Gasteiger partial charge in [-0.25, -0.2) is 8.78 Å². The zero-order valence-electron chi connectivity index (χ0n) is 12.5. The van der Waals surface area contributed by atoms with Gasteiger partial charge >= 0.3 is 0 Å². The van der Waals surface area contributed by atoms with Crippen LogP contribution in [0.15, 0.2) is 12.1 Å². The van der Waals surface area contributed by atoms with Crippen molar-refractivity contribution in [3.63, 3.8) is 0 Å². The van der Waals surface area contributed by atoms with Gasteiger partial charge in [-0.3, -0.25) is 0 Å². The summed E-state index contributed by atoms with van der Waals surface area (Å²) < 4.78 is 27.4. The van der Waals surface area contributed by atoms with Gasteiger partial charge in [-0.2, -0.15) is 0 Å². The summed E-state index contributed by atoms with van der Waals surface area (Å²) in [7, 11) is 0. The van der Waals surface area contributed by atoms with Crippen LogP contribution < -0.4 is 5.32 Å². The van der Waals surface area contributed by atoms with Gasteiger partial charge in [0.25, 0.3) is 0 Å². The summed E-state index contributed by atoms with van der Waals surface area (Å²) in [6.07, 6.45) is 3.05. The third kappa shape index (κ3) is 3.69. The van der Waals surface area contributed by atoms with Crippen molar-refractivity contribution >= 4 is 5.69 Å². The molecule has 0 amide bonds. The van der Waals surface area contributed by atoms with E-state index in [4.69, 9.17) is 0 Å². The van der Waals surface area contributed by atoms with E-state index < -0.39 is 0 Å². The lowest BCUT2D eigenvalue weighted by Gasteiger charge is -2.24. The number of benzene rings is 1. The Balaban J connectivity index is 2.02. The topological polar surface area (TPSA) is 15.3 Å². The van der Waals surface area contributed by atoms with E-state index in [1.54, 1.807) is 6.92 Å². The minimum Gasteiger partial charge on any atom is -0.380 e. The molecule has 1 N–H and O–H groups in total. The van der Waals surface area contributed by atoms with Crippen LogP contribution in [0.3, 0.4) is 0 Å². The van der Waals surface area contributed by atoms with Crippen molar-refractivity contribution in [1.82, 2.24) is 4.90 Å². The standard InChI is InChI=1S/C16H24F2N2/c1-11(2)20-7-4-5-13(6-8-20)19-16-10-14(17)12(3)9-15(16)18/h9-11,13,19H,4-8H2,1-3H3. The molecule has 1 aromatic carbocycles. The Hall–Kier alpha value is -1.16. The Kier molecular flexibility index (Phi) is 4.97. The molecular formula is C16H24F2N2. The average Bonchev–Trinajstić information content (AvgIpc) is 2.61. The maximum Gasteiger partial charge on any atom is 0.146 e. The normalized spacial score (nSPS) is 21.0. The number of aryl methyl sites for hydroxylation is 1. The van der Waals surface area contributed by atoms with Crippen molar-refractivity contribution in [1.29, 1.82) is 0 Å². The van der Waals surface area contributed by atoms with Gasteiger partial charge in [-0.15, -0.1) is 0 Å². The van der Waals surface area contributed by atoms with Crippen molar-refractivity contribution in [2.24, 2.45) is 0 Å². The van der Waals surface area contributed by atoms with Gasteiger partial charge in [0.05, 0.1) is 5.69 Å². The predicted octanol–water partition coefficient (Wildman–Crippen LogP) is 3.95. The highest BCUT2D eigenvalue weighted by atomic mass is 19.1. The third-order valence-corrected chi connectivity index (χ3v) is 4.10. The Morgan fingerprint density at radius 3 is 2.60 bits per heavy atom. The average molecular weight is 282 g/mol. The Morgan fingerprint density at radius 1 is 1.15 bits per heavy atom. The monoisotopic (exact) mass is 282 g/mol. The summed E-state index contributed by atoms with van der Waals surface area (Å²) in [5.41, 5.74) is 0.635. The highest BCUT2D eigenvalue weighted by molar-refractivity contribution is 5.47. The first-order valence-electron chi connectivity index (χ1n) is 7.43. The summed E-state index contributed by atoms with van der Waals surface area (Å²) in [5, 5.41) is 3.17. The van der Waals surface area contributed by atoms with Gasteiger partial charge in [0.15, 0.2) is 0 Å². The summed E-state index contributed by atoms with van der Waals surface area (Å²) >= 11 is 0. The zero-order valence-corrected chi connectivity index (χ0v) is 12.5. The molecule has 0 saturated carbocycles. The fourth-order valence-corrected chi connectivity index (χ4v) is 2.76. The number of hydrogen-bond acceptors (Lipinski definition) is 2. The second-order valence-electron chi connectivity index (χ2n) is 5.98. The quantitative estimate of drug-likeness (QED) is 0.903. The summed E-state index contributed by atoms with van der Waals surface area (Å²) in [6, 6.07) is 3.29. The van der Waals surface area contributed by atoms with Crippen molar-refractivity contribution < 1.29 is 8.78 Å². The molecule has 20 heavy (non-hydrogen) atoms. The summed E-state index contributed by atoms with van der Waals surface area (Å²) in [6.45, 7) is 8.06. The molecule has 0 radical (unpaired) electrons. The molecule has 2 rings (SSSR count). The van der Waals surface area contributed by atoms with Crippen molar-refractivity contribution in [2.45, 2.75) is 52.1 Å². The van der Waals surface area contributed by atoms with Gasteiger partial charge in [0.1, 0.15) is 11.6 Å². The van der Waals surface area contributed by atoms with Crippen LogP contribution in [0.25, 0.3) is 0 Å². The molecule has 1 heterocycles. The summed E-state index contributed by atoms with van der Waals surface area (Å²) in [5.74, 6) is -0.722. The molecule has 1 aliphatic heterocycles. The molecule has 1 unspecified atom stereocenters. The van der Waals surface area contributed by atoms with E-state index >= 15 is 0 Å². The minimum atomic E-state index is -0.367. The zero-order chi connectivity index (χ0) is 14.7. The van der Waals surface area contributed by atoms with Crippen LogP contribution >= 0.6 is 0 Å². The summed E-state index contributed by atoms with van der Waals surface area (Å²) in [4.78, 5) is 2.44. The molecule has 1 fully saturated rings. The van der Waals surface area contributed by atoms with Crippen LogP contribution in [0, 0.1) is 18.6 Å². The second-order valence-corrected chi connectivity index (χ2v) is 5.98. The number of likely N-dealkylation sites (tertiary alicyclic amines) is 1. The molecule has 0 bridgehead atoms. The van der Waals surface area contributed by atoms with E-state index in [0.717, 1.165) is 32.4 Å². The fraction of sp³-hybridized carbons (Fsp3) is 0.625. The number of nitrogens with zero attached hydrogens (tertiary/aromatic N) is 1. The van der Waals surface area contributed by atoms with Gasteiger partial charge in [-0.1, -0.05) is 0 Å². The van der Waals surface area contributed by atoms with Crippen LogP contribution in [0.1, 0.15) is 38.7 Å². The lowest BCUT2D eigenvalue weighted by atomic mass is 10.1. The van der Waals surface area contributed by atoms with E-state index in [9.17, 15) is 8.78 Å². The number of rotatable bonds is 3. The van der Waals surface area contributed by atoms with E-state index in [1.807, 2.05) is 0 Å². The lowest BCUT2D eigenvalue weighted by Crippen LogP contribution is -2.32. The first kappa shape index (κ1) is 15.2. The van der Waals surface area contributed by atoms with E-state index in [2.05, 4.69) is 24.1 Å². The molecule has 4 heteroatoms. The van der Waals surface area contributed by atoms with E-state index in [1.165, 1.54) is 12.1 Å². The van der Waals surface area contributed by atoms with Crippen LogP contribution in [0.2, 0.25) is 0 Å². The molecule has 0 spiro atoms. The molecule has 0 aliphatic carbocycles. The van der Waals surface area contributed by atoms with Crippen LogP contribution in [0.4, 0.5) is 14.5 Å². The smallest absolute Gasteiger partial charge is 0.146 e. The SMILES string of the molecule is Cc1cc(F)c(NC2CCCN(C(C)C)CC2)cc1F. The molecule has 1 saturated heterocycles. The van der Waals surface area contributed by atoms with E-state index in [0.29, 0.717) is 11.6 Å². The van der Waals surface area contributed by atoms with Crippen molar-refractivity contribution in [2.75, 3.05) is 18.4 Å². The first-order chi connectivity index (χ1) is 9.47. The molecule has 1 aliphatic rings. The highest BCUT2D eigenvalue weighted by Gasteiger charge is 2.19. The largest absolute Gasteiger partial charge is 0.380 e. The van der Waals surface area contributed by atoms with Crippen LogP contribution in [-0.2, 0) is 0 Å². The predicted molar refractivity (Wildman–Crippen MR) is 79.1 cm³/mol. The number of anilines is 1. The van der Waals surface area contributed by atoms with Crippen molar-refractivity contribution in [3.8, 4) is 0 Å². The van der Waals surface area contributed by atoms with Gasteiger partial charge in [0, 0.05) is 24.7 Å². The van der Waals surface area contributed by atoms with Crippen LogP contribution in [-0.4, -0.2) is 30.1 Å². The Morgan fingerprint density at radius 2 is 1.90 bits per heavy atom. The fourth-order valence-electron chi connectivity index (χ4n) is 2.76. The van der Waals surface area contributed by atoms with E-state index in [-0.39, 0.29) is 23.4 Å². The van der Waals surface area contributed by atoms with Gasteiger partial charge in [0.2, 0.25) is 0 Å². The third-order valence-electron chi connectivity index (χ3n) is 4.10. The maximum atomic E-state index is 13.9. The first-order valence-corrected chi connectivity index (χ1v) is 7.43. The molecule has 0 aromatic heterocycles. The second kappa shape index (κ2) is 6.53. The molecule has 112 valence electrons. The highest BCUT2D eigenvalue weighted by Crippen LogP contribution is 2.23. The number of halogens is 2. The lowest BCUT2D eigenvalue weighted by molar-refractivity contribution is 0.230. The molecule has 1 aromatic rings. The van der Waals surface area contributed by atoms with Crippen molar-refractivity contribution in [3.05, 3.63) is 29.3 Å². The maximum absolute atomic E-state index is 13.9. The Labute approximate surface area is 120 Å². The molecular weight excluding hydrogens is 258 g/mol.